The minimum Gasteiger partial charge on any atom is -0.470 e. The van der Waals surface area contributed by atoms with E-state index in [1.54, 1.807) is 41.1 Å². The second-order valence-corrected chi connectivity index (χ2v) is 7.39. The third-order valence-corrected chi connectivity index (χ3v) is 4.99. The molecule has 1 aliphatic rings. The first-order chi connectivity index (χ1) is 13.5. The van der Waals surface area contributed by atoms with Gasteiger partial charge in [0.15, 0.2) is 12.4 Å². The molecule has 2 amide bonds. The lowest BCUT2D eigenvalue weighted by Gasteiger charge is -2.33. The number of hydrogen-bond acceptors (Lipinski definition) is 5. The Morgan fingerprint density at radius 3 is 2.57 bits per heavy atom. The number of amides is 2. The molecule has 2 heterocycles. The molecule has 1 fully saturated rings. The molecule has 28 heavy (non-hydrogen) atoms. The topological polar surface area (TPSA) is 76.9 Å². The summed E-state index contributed by atoms with van der Waals surface area (Å²) in [6.07, 6.45) is 1.33. The minimum atomic E-state index is -0.345. The van der Waals surface area contributed by atoms with E-state index in [1.165, 1.54) is 4.68 Å². The van der Waals surface area contributed by atoms with Gasteiger partial charge in [0, 0.05) is 36.8 Å². The molecule has 0 radical (unpaired) electrons. The monoisotopic (exact) mass is 470 g/mol. The van der Waals surface area contributed by atoms with Gasteiger partial charge in [-0.05, 0) is 31.2 Å². The maximum Gasteiger partial charge on any atom is 0.409 e. The average molecular weight is 472 g/mol. The maximum atomic E-state index is 12.6. The smallest absolute Gasteiger partial charge is 0.409 e. The van der Waals surface area contributed by atoms with Crippen molar-refractivity contribution < 1.29 is 19.1 Å². The highest BCUT2D eigenvalue weighted by Gasteiger charge is 2.26. The van der Waals surface area contributed by atoms with Gasteiger partial charge in [-0.3, -0.25) is 4.79 Å². The number of halogens is 2. The van der Waals surface area contributed by atoms with Crippen molar-refractivity contribution in [2.45, 2.75) is 13.7 Å². The fraction of sp³-hybridized carbons (Fsp3) is 0.389. The van der Waals surface area contributed by atoms with Crippen LogP contribution in [0.2, 0.25) is 5.02 Å². The van der Waals surface area contributed by atoms with Crippen molar-refractivity contribution in [2.24, 2.45) is 0 Å². The maximum absolute atomic E-state index is 12.6. The SMILES string of the molecule is CCOC(=O)N1CCN(C(=O)c2ccn(COc3ccc(Br)cc3Cl)n2)CC1. The van der Waals surface area contributed by atoms with Gasteiger partial charge in [0.2, 0.25) is 0 Å². The van der Waals surface area contributed by atoms with Crippen LogP contribution in [0.25, 0.3) is 0 Å². The van der Waals surface area contributed by atoms with E-state index in [2.05, 4.69) is 21.0 Å². The van der Waals surface area contributed by atoms with Crippen LogP contribution in [0.5, 0.6) is 5.75 Å². The summed E-state index contributed by atoms with van der Waals surface area (Å²) in [5.74, 6) is 0.354. The number of carbonyl (C=O) groups excluding carboxylic acids is 2. The lowest BCUT2D eigenvalue weighted by atomic mass is 10.3. The van der Waals surface area contributed by atoms with Crippen molar-refractivity contribution in [3.05, 3.63) is 45.7 Å². The van der Waals surface area contributed by atoms with Crippen LogP contribution in [0.4, 0.5) is 4.79 Å². The first kappa shape index (κ1) is 20.5. The molecule has 0 N–H and O–H groups in total. The highest BCUT2D eigenvalue weighted by Crippen LogP contribution is 2.27. The predicted molar refractivity (Wildman–Crippen MR) is 107 cm³/mol. The van der Waals surface area contributed by atoms with Crippen LogP contribution in [0.1, 0.15) is 17.4 Å². The van der Waals surface area contributed by atoms with Crippen molar-refractivity contribution >= 4 is 39.5 Å². The van der Waals surface area contributed by atoms with E-state index in [0.29, 0.717) is 49.3 Å². The summed E-state index contributed by atoms with van der Waals surface area (Å²) in [6.45, 7) is 3.99. The summed E-state index contributed by atoms with van der Waals surface area (Å²) < 4.78 is 13.0. The molecule has 2 aromatic rings. The molecule has 1 saturated heterocycles. The van der Waals surface area contributed by atoms with Crippen molar-refractivity contribution in [1.82, 2.24) is 19.6 Å². The van der Waals surface area contributed by atoms with Crippen molar-refractivity contribution in [1.29, 1.82) is 0 Å². The van der Waals surface area contributed by atoms with Gasteiger partial charge >= 0.3 is 6.09 Å². The molecular formula is C18H20BrClN4O4. The second-order valence-electron chi connectivity index (χ2n) is 6.07. The van der Waals surface area contributed by atoms with E-state index in [4.69, 9.17) is 21.1 Å². The third-order valence-electron chi connectivity index (χ3n) is 4.20. The van der Waals surface area contributed by atoms with E-state index in [9.17, 15) is 9.59 Å². The predicted octanol–water partition coefficient (Wildman–Crippen LogP) is 3.25. The molecular weight excluding hydrogens is 452 g/mol. The lowest BCUT2D eigenvalue weighted by molar-refractivity contribution is 0.0564. The minimum absolute atomic E-state index is 0.130. The Balaban J connectivity index is 1.53. The van der Waals surface area contributed by atoms with Crippen LogP contribution < -0.4 is 4.74 Å². The van der Waals surface area contributed by atoms with E-state index < -0.39 is 0 Å². The van der Waals surface area contributed by atoms with Crippen LogP contribution in [0, 0.1) is 0 Å². The lowest BCUT2D eigenvalue weighted by Crippen LogP contribution is -2.50. The van der Waals surface area contributed by atoms with Gasteiger partial charge in [0.1, 0.15) is 5.75 Å². The molecule has 0 aliphatic carbocycles. The Bertz CT molecular complexity index is 852. The van der Waals surface area contributed by atoms with Gasteiger partial charge < -0.3 is 19.3 Å². The summed E-state index contributed by atoms with van der Waals surface area (Å²) in [5.41, 5.74) is 0.329. The average Bonchev–Trinajstić information content (AvgIpc) is 3.16. The van der Waals surface area contributed by atoms with Gasteiger partial charge in [-0.2, -0.15) is 5.10 Å². The van der Waals surface area contributed by atoms with Gasteiger partial charge in [-0.15, -0.1) is 0 Å². The molecule has 0 atom stereocenters. The number of nitrogens with zero attached hydrogens (tertiary/aromatic N) is 4. The Morgan fingerprint density at radius 2 is 1.89 bits per heavy atom. The number of benzene rings is 1. The zero-order valence-electron chi connectivity index (χ0n) is 15.3. The number of ether oxygens (including phenoxy) is 2. The first-order valence-corrected chi connectivity index (χ1v) is 9.97. The molecule has 0 bridgehead atoms. The Kier molecular flexibility index (Phi) is 6.79. The Hall–Kier alpha value is -2.26. The zero-order valence-corrected chi connectivity index (χ0v) is 17.6. The van der Waals surface area contributed by atoms with E-state index in [-0.39, 0.29) is 18.7 Å². The number of carbonyl (C=O) groups is 2. The molecule has 1 aromatic heterocycles. The molecule has 3 rings (SSSR count). The van der Waals surface area contributed by atoms with Crippen molar-refractivity contribution in [3.63, 3.8) is 0 Å². The molecule has 8 nitrogen and oxygen atoms in total. The summed E-state index contributed by atoms with van der Waals surface area (Å²) in [7, 11) is 0. The van der Waals surface area contributed by atoms with Gasteiger partial charge in [-0.1, -0.05) is 27.5 Å². The number of piperazine rings is 1. The van der Waals surface area contributed by atoms with Crippen molar-refractivity contribution in [2.75, 3.05) is 32.8 Å². The molecule has 1 aliphatic heterocycles. The molecule has 0 saturated carbocycles. The number of rotatable bonds is 5. The van der Waals surface area contributed by atoms with Gasteiger partial charge in [-0.25, -0.2) is 9.48 Å². The van der Waals surface area contributed by atoms with Gasteiger partial charge in [0.05, 0.1) is 11.6 Å². The van der Waals surface area contributed by atoms with Crippen molar-refractivity contribution in [3.8, 4) is 5.75 Å². The summed E-state index contributed by atoms with van der Waals surface area (Å²) in [4.78, 5) is 27.6. The highest BCUT2D eigenvalue weighted by molar-refractivity contribution is 9.10. The molecule has 1 aromatic carbocycles. The molecule has 150 valence electrons. The molecule has 0 spiro atoms. The fourth-order valence-corrected chi connectivity index (χ4v) is 3.47. The highest BCUT2D eigenvalue weighted by atomic mass is 79.9. The van der Waals surface area contributed by atoms with Crippen LogP contribution in [0.15, 0.2) is 34.9 Å². The van der Waals surface area contributed by atoms with E-state index >= 15 is 0 Å². The Morgan fingerprint density at radius 1 is 1.18 bits per heavy atom. The van der Waals surface area contributed by atoms with E-state index in [0.717, 1.165) is 4.47 Å². The summed E-state index contributed by atoms with van der Waals surface area (Å²) in [5, 5.41) is 4.76. The second kappa shape index (κ2) is 9.29. The van der Waals surface area contributed by atoms with Crippen LogP contribution in [0.3, 0.4) is 0 Å². The standard InChI is InChI=1S/C18H20BrClN4O4/c1-2-27-18(26)23-9-7-22(8-10-23)17(25)15-5-6-24(21-15)12-28-16-4-3-13(19)11-14(16)20/h3-6,11H,2,7-10,12H2,1H3. The normalized spacial score (nSPS) is 14.1. The number of aromatic nitrogens is 2. The van der Waals surface area contributed by atoms with Gasteiger partial charge in [0.25, 0.3) is 5.91 Å². The molecule has 10 heteroatoms. The third kappa shape index (κ3) is 4.96. The largest absolute Gasteiger partial charge is 0.470 e. The summed E-state index contributed by atoms with van der Waals surface area (Å²) in [6, 6.07) is 6.97. The quantitative estimate of drug-likeness (QED) is 0.669. The fourth-order valence-electron chi connectivity index (χ4n) is 2.74. The first-order valence-electron chi connectivity index (χ1n) is 8.80. The van der Waals surface area contributed by atoms with Crippen LogP contribution in [-0.4, -0.2) is 64.4 Å². The number of hydrogen-bond donors (Lipinski definition) is 0. The Labute approximate surface area is 176 Å². The molecule has 0 unspecified atom stereocenters. The summed E-state index contributed by atoms with van der Waals surface area (Å²) >= 11 is 9.46. The zero-order chi connectivity index (χ0) is 20.1. The van der Waals surface area contributed by atoms with E-state index in [1.807, 2.05) is 6.07 Å². The van der Waals surface area contributed by atoms with Crippen LogP contribution in [-0.2, 0) is 11.5 Å². The van der Waals surface area contributed by atoms with Crippen LogP contribution >= 0.6 is 27.5 Å².